The number of amides is 1. The number of nitrogens with one attached hydrogen (secondary N) is 1. The Balaban J connectivity index is 1.80. The Morgan fingerprint density at radius 1 is 1.23 bits per heavy atom. The van der Waals surface area contributed by atoms with Gasteiger partial charge in [0.2, 0.25) is 0 Å². The summed E-state index contributed by atoms with van der Waals surface area (Å²) in [7, 11) is 0. The molecule has 1 fully saturated rings. The van der Waals surface area contributed by atoms with Crippen LogP contribution >= 0.6 is 23.4 Å². The molecule has 1 amide bonds. The molecular weight excluding hydrogens is 322 g/mol. The summed E-state index contributed by atoms with van der Waals surface area (Å²) in [5, 5.41) is 12.9. The third-order valence-corrected chi connectivity index (χ3v) is 3.90. The first-order valence-corrected chi connectivity index (χ1v) is 7.50. The summed E-state index contributed by atoms with van der Waals surface area (Å²) >= 11 is 7.00. The molecule has 7 heteroatoms. The SMILES string of the molecule is O=C1NC(=Nc2ccc(Cl)cn2)S/C1=C\c1ccc(O)cc1. The van der Waals surface area contributed by atoms with Gasteiger partial charge in [-0.15, -0.1) is 0 Å². The van der Waals surface area contributed by atoms with Gasteiger partial charge < -0.3 is 10.4 Å². The fraction of sp³-hybridized carbons (Fsp3) is 0. The highest BCUT2D eigenvalue weighted by Crippen LogP contribution is 2.28. The van der Waals surface area contributed by atoms with E-state index in [0.29, 0.717) is 20.9 Å². The van der Waals surface area contributed by atoms with E-state index in [2.05, 4.69) is 15.3 Å². The first-order chi connectivity index (χ1) is 10.6. The van der Waals surface area contributed by atoms with Crippen LogP contribution in [0.5, 0.6) is 5.75 Å². The van der Waals surface area contributed by atoms with E-state index in [-0.39, 0.29) is 11.7 Å². The van der Waals surface area contributed by atoms with E-state index in [0.717, 1.165) is 5.56 Å². The molecule has 2 aromatic rings. The number of aliphatic imine (C=N–C) groups is 1. The Morgan fingerprint density at radius 2 is 2.00 bits per heavy atom. The van der Waals surface area contributed by atoms with E-state index in [9.17, 15) is 9.90 Å². The van der Waals surface area contributed by atoms with E-state index >= 15 is 0 Å². The number of phenols is 1. The predicted molar refractivity (Wildman–Crippen MR) is 88.2 cm³/mol. The predicted octanol–water partition coefficient (Wildman–Crippen LogP) is 3.33. The lowest BCUT2D eigenvalue weighted by molar-refractivity contribution is -0.115. The number of hydrogen-bond acceptors (Lipinski definition) is 5. The van der Waals surface area contributed by atoms with Crippen molar-refractivity contribution < 1.29 is 9.90 Å². The van der Waals surface area contributed by atoms with E-state index in [1.54, 1.807) is 42.5 Å². The molecule has 1 aliphatic heterocycles. The van der Waals surface area contributed by atoms with Crippen LogP contribution in [0.4, 0.5) is 5.82 Å². The van der Waals surface area contributed by atoms with Gasteiger partial charge >= 0.3 is 0 Å². The quantitative estimate of drug-likeness (QED) is 0.828. The Hall–Kier alpha value is -2.31. The zero-order valence-electron chi connectivity index (χ0n) is 11.2. The molecule has 1 aliphatic rings. The van der Waals surface area contributed by atoms with Crippen molar-refractivity contribution >= 4 is 46.3 Å². The summed E-state index contributed by atoms with van der Waals surface area (Å²) in [5.74, 6) is 0.436. The molecule has 110 valence electrons. The zero-order chi connectivity index (χ0) is 15.5. The Bertz CT molecular complexity index is 770. The molecule has 0 atom stereocenters. The van der Waals surface area contributed by atoms with Crippen LogP contribution in [0.15, 0.2) is 52.5 Å². The van der Waals surface area contributed by atoms with Gasteiger partial charge in [-0.05, 0) is 47.7 Å². The Labute approximate surface area is 135 Å². The maximum absolute atomic E-state index is 11.9. The van der Waals surface area contributed by atoms with Crippen molar-refractivity contribution in [2.45, 2.75) is 0 Å². The van der Waals surface area contributed by atoms with Gasteiger partial charge in [-0.2, -0.15) is 0 Å². The second-order valence-corrected chi connectivity index (χ2v) is 5.87. The molecule has 2 heterocycles. The second-order valence-electron chi connectivity index (χ2n) is 4.41. The number of thioether (sulfide) groups is 1. The molecular formula is C15H10ClN3O2S. The fourth-order valence-corrected chi connectivity index (χ4v) is 2.68. The van der Waals surface area contributed by atoms with Crippen molar-refractivity contribution in [3.8, 4) is 5.75 Å². The molecule has 1 aromatic carbocycles. The highest BCUT2D eigenvalue weighted by Gasteiger charge is 2.23. The Kier molecular flexibility index (Phi) is 4.13. The lowest BCUT2D eigenvalue weighted by atomic mass is 10.2. The van der Waals surface area contributed by atoms with Crippen LogP contribution in [0.1, 0.15) is 5.56 Å². The maximum atomic E-state index is 11.9. The standard InChI is InChI=1S/C15H10ClN3O2S/c16-10-3-6-13(17-8-10)18-15-19-14(21)12(22-15)7-9-1-4-11(20)5-2-9/h1-8,20H,(H,17,18,19,21)/b12-7-. The number of phenolic OH excluding ortho intramolecular Hbond substituents is 1. The number of benzene rings is 1. The summed E-state index contributed by atoms with van der Waals surface area (Å²) in [4.78, 5) is 20.8. The molecule has 22 heavy (non-hydrogen) atoms. The summed E-state index contributed by atoms with van der Waals surface area (Å²) < 4.78 is 0. The molecule has 3 rings (SSSR count). The van der Waals surface area contributed by atoms with Gasteiger partial charge in [0.25, 0.3) is 5.91 Å². The van der Waals surface area contributed by atoms with E-state index in [4.69, 9.17) is 11.6 Å². The normalized spacial score (nSPS) is 18.0. The monoisotopic (exact) mass is 331 g/mol. The molecule has 5 nitrogen and oxygen atoms in total. The molecule has 1 aromatic heterocycles. The average molecular weight is 332 g/mol. The lowest BCUT2D eigenvalue weighted by Crippen LogP contribution is -2.19. The third-order valence-electron chi connectivity index (χ3n) is 2.77. The highest BCUT2D eigenvalue weighted by molar-refractivity contribution is 8.18. The first-order valence-electron chi connectivity index (χ1n) is 6.30. The van der Waals surface area contributed by atoms with Gasteiger partial charge in [-0.1, -0.05) is 23.7 Å². The van der Waals surface area contributed by atoms with Crippen LogP contribution in [0, 0.1) is 0 Å². The van der Waals surface area contributed by atoms with Crippen LogP contribution < -0.4 is 5.32 Å². The lowest BCUT2D eigenvalue weighted by Gasteiger charge is -1.96. The van der Waals surface area contributed by atoms with E-state index in [1.807, 2.05) is 0 Å². The minimum Gasteiger partial charge on any atom is -0.508 e. The van der Waals surface area contributed by atoms with E-state index in [1.165, 1.54) is 18.0 Å². The van der Waals surface area contributed by atoms with Crippen molar-refractivity contribution in [2.24, 2.45) is 4.99 Å². The molecule has 1 saturated heterocycles. The summed E-state index contributed by atoms with van der Waals surface area (Å²) in [6, 6.07) is 9.94. The van der Waals surface area contributed by atoms with Crippen molar-refractivity contribution in [2.75, 3.05) is 0 Å². The smallest absolute Gasteiger partial charge is 0.264 e. The number of carbonyl (C=O) groups excluding carboxylic acids is 1. The number of rotatable bonds is 2. The van der Waals surface area contributed by atoms with Crippen LogP contribution in [0.3, 0.4) is 0 Å². The number of nitrogens with zero attached hydrogens (tertiary/aromatic N) is 2. The van der Waals surface area contributed by atoms with Crippen LogP contribution in [0.2, 0.25) is 5.02 Å². The average Bonchev–Trinajstić information content (AvgIpc) is 2.84. The number of pyridine rings is 1. The van der Waals surface area contributed by atoms with Crippen molar-refractivity contribution in [3.05, 3.63) is 58.1 Å². The first kappa shape index (κ1) is 14.6. The van der Waals surface area contributed by atoms with Crippen LogP contribution in [0.25, 0.3) is 6.08 Å². The second kappa shape index (κ2) is 6.21. The van der Waals surface area contributed by atoms with Crippen molar-refractivity contribution in [1.29, 1.82) is 0 Å². The molecule has 0 spiro atoms. The third kappa shape index (κ3) is 3.47. The number of aromatic nitrogens is 1. The Morgan fingerprint density at radius 3 is 2.68 bits per heavy atom. The van der Waals surface area contributed by atoms with Gasteiger partial charge in [-0.25, -0.2) is 9.98 Å². The summed E-state index contributed by atoms with van der Waals surface area (Å²) in [6.45, 7) is 0. The van der Waals surface area contributed by atoms with Gasteiger partial charge in [-0.3, -0.25) is 4.79 Å². The fourth-order valence-electron chi connectivity index (χ4n) is 1.74. The van der Waals surface area contributed by atoms with E-state index < -0.39 is 0 Å². The van der Waals surface area contributed by atoms with Gasteiger partial charge in [0, 0.05) is 6.20 Å². The minimum atomic E-state index is -0.217. The summed E-state index contributed by atoms with van der Waals surface area (Å²) in [6.07, 6.45) is 3.23. The number of amidine groups is 1. The van der Waals surface area contributed by atoms with Crippen molar-refractivity contribution in [3.63, 3.8) is 0 Å². The molecule has 0 radical (unpaired) electrons. The number of hydrogen-bond donors (Lipinski definition) is 2. The van der Waals surface area contributed by atoms with Crippen molar-refractivity contribution in [1.82, 2.24) is 10.3 Å². The molecule has 0 unspecified atom stereocenters. The highest BCUT2D eigenvalue weighted by atomic mass is 35.5. The minimum absolute atomic E-state index is 0.182. The largest absolute Gasteiger partial charge is 0.508 e. The molecule has 0 saturated carbocycles. The zero-order valence-corrected chi connectivity index (χ0v) is 12.7. The topological polar surface area (TPSA) is 74.6 Å². The molecule has 0 bridgehead atoms. The van der Waals surface area contributed by atoms with Gasteiger partial charge in [0.1, 0.15) is 5.75 Å². The van der Waals surface area contributed by atoms with Crippen LogP contribution in [-0.4, -0.2) is 21.2 Å². The number of aromatic hydroxyl groups is 1. The van der Waals surface area contributed by atoms with Crippen LogP contribution in [-0.2, 0) is 4.79 Å². The summed E-state index contributed by atoms with van der Waals surface area (Å²) in [5.41, 5.74) is 0.821. The molecule has 2 N–H and O–H groups in total. The van der Waals surface area contributed by atoms with Gasteiger partial charge in [0.05, 0.1) is 9.93 Å². The number of halogens is 1. The maximum Gasteiger partial charge on any atom is 0.264 e. The molecule has 0 aliphatic carbocycles. The number of carbonyl (C=O) groups is 1. The van der Waals surface area contributed by atoms with Gasteiger partial charge in [0.15, 0.2) is 11.0 Å².